The van der Waals surface area contributed by atoms with Crippen molar-refractivity contribution in [2.45, 2.75) is 25.7 Å². The van der Waals surface area contributed by atoms with Gasteiger partial charge in [0.15, 0.2) is 5.78 Å². The number of carboxylic acid groups (broad SMARTS) is 1. The quantitative estimate of drug-likeness (QED) is 0.644. The number of rotatable bonds is 3. The highest BCUT2D eigenvalue weighted by atomic mass is 79.9. The molecule has 27 heavy (non-hydrogen) atoms. The fraction of sp³-hybridized carbons (Fsp3) is 0.286. The van der Waals surface area contributed by atoms with E-state index in [1.54, 1.807) is 12.1 Å². The molecule has 2 aromatic rings. The third kappa shape index (κ3) is 3.08. The Kier molecular flexibility index (Phi) is 4.60. The molecule has 2 atom stereocenters. The first-order chi connectivity index (χ1) is 13.0. The van der Waals surface area contributed by atoms with Gasteiger partial charge in [-0.3, -0.25) is 14.4 Å². The fourth-order valence-corrected chi connectivity index (χ4v) is 4.55. The van der Waals surface area contributed by atoms with Crippen molar-refractivity contribution < 1.29 is 19.5 Å². The van der Waals surface area contributed by atoms with Gasteiger partial charge in [0, 0.05) is 15.6 Å². The third-order valence-electron chi connectivity index (χ3n) is 5.49. The molecule has 1 amide bonds. The Morgan fingerprint density at radius 3 is 2.33 bits per heavy atom. The average Bonchev–Trinajstić information content (AvgIpc) is 2.94. The number of carboxylic acids is 1. The number of nitrogens with one attached hydrogen (secondary N) is 1. The lowest BCUT2D eigenvalue weighted by molar-refractivity contribution is -0.147. The van der Waals surface area contributed by atoms with Gasteiger partial charge in [-0.25, -0.2) is 0 Å². The van der Waals surface area contributed by atoms with E-state index >= 15 is 0 Å². The molecule has 2 aliphatic carbocycles. The Hall–Kier alpha value is -2.47. The smallest absolute Gasteiger partial charge is 0.307 e. The maximum absolute atomic E-state index is 12.8. The highest BCUT2D eigenvalue weighted by molar-refractivity contribution is 9.10. The van der Waals surface area contributed by atoms with Crippen molar-refractivity contribution in [3.05, 3.63) is 52.0 Å². The second-order valence-electron chi connectivity index (χ2n) is 7.08. The maximum atomic E-state index is 12.8. The number of ketones is 1. The van der Waals surface area contributed by atoms with Crippen molar-refractivity contribution >= 4 is 39.3 Å². The Bertz CT molecular complexity index is 969. The molecule has 6 heteroatoms. The summed E-state index contributed by atoms with van der Waals surface area (Å²) in [5.74, 6) is -2.49. The molecule has 0 aliphatic heterocycles. The van der Waals surface area contributed by atoms with Crippen LogP contribution in [0.25, 0.3) is 11.1 Å². The van der Waals surface area contributed by atoms with E-state index in [1.807, 2.05) is 24.3 Å². The predicted molar refractivity (Wildman–Crippen MR) is 105 cm³/mol. The molecular weight excluding hydrogens is 410 g/mol. The number of carbonyl (C=O) groups is 3. The van der Waals surface area contributed by atoms with Gasteiger partial charge in [0.25, 0.3) is 0 Å². The van der Waals surface area contributed by atoms with Crippen molar-refractivity contribution in [2.24, 2.45) is 11.8 Å². The minimum atomic E-state index is -0.923. The second-order valence-corrected chi connectivity index (χ2v) is 7.93. The van der Waals surface area contributed by atoms with Crippen LogP contribution in [0.15, 0.2) is 40.9 Å². The van der Waals surface area contributed by atoms with Crippen LogP contribution in [-0.4, -0.2) is 22.8 Å². The van der Waals surface area contributed by atoms with Crippen molar-refractivity contribution in [1.29, 1.82) is 0 Å². The largest absolute Gasteiger partial charge is 0.481 e. The van der Waals surface area contributed by atoms with Gasteiger partial charge < -0.3 is 10.4 Å². The molecule has 0 bridgehead atoms. The molecule has 0 spiro atoms. The van der Waals surface area contributed by atoms with Gasteiger partial charge in [-0.05, 0) is 52.0 Å². The highest BCUT2D eigenvalue weighted by Gasteiger charge is 2.36. The minimum Gasteiger partial charge on any atom is -0.481 e. The number of amides is 1. The molecule has 1 fully saturated rings. The molecule has 0 unspecified atom stereocenters. The molecule has 2 aromatic carbocycles. The molecule has 2 N–H and O–H groups in total. The van der Waals surface area contributed by atoms with Crippen LogP contribution in [0.4, 0.5) is 5.69 Å². The van der Waals surface area contributed by atoms with Crippen LogP contribution in [0.3, 0.4) is 0 Å². The normalized spacial score (nSPS) is 20.7. The highest BCUT2D eigenvalue weighted by Crippen LogP contribution is 2.41. The number of carbonyl (C=O) groups excluding carboxylic acids is 2. The molecule has 2 aliphatic rings. The summed E-state index contributed by atoms with van der Waals surface area (Å²) in [6.07, 6.45) is 2.76. The van der Waals surface area contributed by atoms with E-state index in [0.717, 1.165) is 24.0 Å². The standard InChI is InChI=1S/C21H18BrNO4/c22-17-9-15-11-5-1-2-6-12(11)19(24)16(15)10-18(17)23-20(25)13-7-3-4-8-14(13)21(26)27/h1-2,5-6,9-10,13-14H,3-4,7-8H2,(H,23,25)(H,26,27)/t13-,14-/m0/s1. The van der Waals surface area contributed by atoms with Gasteiger partial charge >= 0.3 is 5.97 Å². The number of halogens is 1. The molecule has 0 saturated heterocycles. The number of aliphatic carboxylic acids is 1. The van der Waals surface area contributed by atoms with E-state index in [2.05, 4.69) is 21.2 Å². The molecule has 4 rings (SSSR count). The molecule has 5 nitrogen and oxygen atoms in total. The van der Waals surface area contributed by atoms with Crippen molar-refractivity contribution in [2.75, 3.05) is 5.32 Å². The van der Waals surface area contributed by atoms with Gasteiger partial charge in [0.1, 0.15) is 0 Å². The SMILES string of the molecule is O=C1c2ccccc2-c2cc(Br)c(NC(=O)[C@H]3CCCC[C@@H]3C(=O)O)cc21. The lowest BCUT2D eigenvalue weighted by atomic mass is 9.78. The average molecular weight is 428 g/mol. The predicted octanol–water partition coefficient (Wildman–Crippen LogP) is 4.49. The number of hydrogen-bond donors (Lipinski definition) is 2. The van der Waals surface area contributed by atoms with Gasteiger partial charge in [0.05, 0.1) is 17.5 Å². The lowest BCUT2D eigenvalue weighted by Crippen LogP contribution is -2.36. The van der Waals surface area contributed by atoms with Gasteiger partial charge in [-0.1, -0.05) is 37.1 Å². The van der Waals surface area contributed by atoms with Crippen LogP contribution < -0.4 is 5.32 Å². The Morgan fingerprint density at radius 1 is 0.963 bits per heavy atom. The molecule has 1 saturated carbocycles. The van der Waals surface area contributed by atoms with Crippen LogP contribution in [0.1, 0.15) is 41.6 Å². The first-order valence-electron chi connectivity index (χ1n) is 8.98. The van der Waals surface area contributed by atoms with E-state index in [1.165, 1.54) is 0 Å². The number of hydrogen-bond acceptors (Lipinski definition) is 3. The summed E-state index contributed by atoms with van der Waals surface area (Å²) in [5, 5.41) is 12.2. The van der Waals surface area contributed by atoms with Crippen LogP contribution in [-0.2, 0) is 9.59 Å². The zero-order chi connectivity index (χ0) is 19.1. The van der Waals surface area contributed by atoms with Gasteiger partial charge in [-0.2, -0.15) is 0 Å². The maximum Gasteiger partial charge on any atom is 0.307 e. The number of benzene rings is 2. The van der Waals surface area contributed by atoms with E-state index < -0.39 is 17.8 Å². The lowest BCUT2D eigenvalue weighted by Gasteiger charge is -2.27. The summed E-state index contributed by atoms with van der Waals surface area (Å²) >= 11 is 3.48. The molecule has 138 valence electrons. The molecular formula is C21H18BrNO4. The Labute approximate surface area is 164 Å². The van der Waals surface area contributed by atoms with Crippen molar-refractivity contribution in [1.82, 2.24) is 0 Å². The van der Waals surface area contributed by atoms with Crippen LogP contribution in [0.2, 0.25) is 0 Å². The van der Waals surface area contributed by atoms with Crippen molar-refractivity contribution in [3.8, 4) is 11.1 Å². The minimum absolute atomic E-state index is 0.0651. The molecule has 0 radical (unpaired) electrons. The topological polar surface area (TPSA) is 83.5 Å². The van der Waals surface area contributed by atoms with Gasteiger partial charge in [0.2, 0.25) is 5.91 Å². The Balaban J connectivity index is 1.64. The zero-order valence-electron chi connectivity index (χ0n) is 14.5. The third-order valence-corrected chi connectivity index (χ3v) is 6.15. The van der Waals surface area contributed by atoms with Crippen LogP contribution >= 0.6 is 15.9 Å². The van der Waals surface area contributed by atoms with E-state index in [4.69, 9.17) is 0 Å². The first-order valence-corrected chi connectivity index (χ1v) is 9.78. The van der Waals surface area contributed by atoms with Crippen LogP contribution in [0.5, 0.6) is 0 Å². The summed E-state index contributed by atoms with van der Waals surface area (Å²) in [4.78, 5) is 36.9. The van der Waals surface area contributed by atoms with E-state index in [0.29, 0.717) is 34.1 Å². The fourth-order valence-electron chi connectivity index (χ4n) is 4.11. The van der Waals surface area contributed by atoms with Crippen LogP contribution in [0, 0.1) is 11.8 Å². The van der Waals surface area contributed by atoms with E-state index in [-0.39, 0.29) is 11.7 Å². The summed E-state index contributed by atoms with van der Waals surface area (Å²) < 4.78 is 0.668. The first kappa shape index (κ1) is 17.9. The number of anilines is 1. The van der Waals surface area contributed by atoms with Crippen molar-refractivity contribution in [3.63, 3.8) is 0 Å². The van der Waals surface area contributed by atoms with Gasteiger partial charge in [-0.15, -0.1) is 0 Å². The molecule has 0 aromatic heterocycles. The summed E-state index contributed by atoms with van der Waals surface area (Å²) in [7, 11) is 0. The zero-order valence-corrected chi connectivity index (χ0v) is 16.1. The second kappa shape index (κ2) is 6.93. The molecule has 0 heterocycles. The van der Waals surface area contributed by atoms with E-state index in [9.17, 15) is 19.5 Å². The summed E-state index contributed by atoms with van der Waals surface area (Å²) in [6.45, 7) is 0. The summed E-state index contributed by atoms with van der Waals surface area (Å²) in [6, 6.07) is 10.9. The summed E-state index contributed by atoms with van der Waals surface area (Å²) in [5.41, 5.74) is 3.42. The monoisotopic (exact) mass is 427 g/mol. The Morgan fingerprint density at radius 2 is 1.63 bits per heavy atom. The number of fused-ring (bicyclic) bond motifs is 3.